The minimum atomic E-state index is -1.02. The maximum atomic E-state index is 11.7. The number of amides is 3. The number of urea groups is 1. The summed E-state index contributed by atoms with van der Waals surface area (Å²) in [6.07, 6.45) is 0. The molecular formula is C12H21N3O6. The first-order valence-electron chi connectivity index (χ1n) is 6.60. The number of nitrogens with one attached hydrogen (secondary N) is 3. The molecule has 3 atom stereocenters. The van der Waals surface area contributed by atoms with Crippen LogP contribution < -0.4 is 16.0 Å². The fourth-order valence-electron chi connectivity index (χ4n) is 1.84. The standard InChI is InChI=1S/C12H21N3O6/c1-7(10(16)13-3-4-20-2)14-12(19)15-9-6-21-5-8(9)11(17)18/h7-9H,3-6H2,1-2H3,(H,13,16)(H,17,18)(H2,14,15,19). The van der Waals surface area contributed by atoms with E-state index in [1.54, 1.807) is 0 Å². The van der Waals surface area contributed by atoms with Gasteiger partial charge in [0.15, 0.2) is 0 Å². The van der Waals surface area contributed by atoms with Gasteiger partial charge in [-0.05, 0) is 6.92 Å². The molecule has 0 bridgehead atoms. The van der Waals surface area contributed by atoms with Crippen molar-refractivity contribution in [2.45, 2.75) is 19.0 Å². The van der Waals surface area contributed by atoms with Gasteiger partial charge in [-0.2, -0.15) is 0 Å². The van der Waals surface area contributed by atoms with E-state index in [0.29, 0.717) is 13.2 Å². The predicted octanol–water partition coefficient (Wildman–Crippen LogP) is -1.46. The van der Waals surface area contributed by atoms with Crippen LogP contribution in [0.25, 0.3) is 0 Å². The second-order valence-electron chi connectivity index (χ2n) is 4.71. The molecule has 0 saturated carbocycles. The summed E-state index contributed by atoms with van der Waals surface area (Å²) in [4.78, 5) is 34.3. The Morgan fingerprint density at radius 3 is 2.71 bits per heavy atom. The Balaban J connectivity index is 2.35. The van der Waals surface area contributed by atoms with Crippen LogP contribution >= 0.6 is 0 Å². The number of carbonyl (C=O) groups is 3. The Labute approximate surface area is 122 Å². The smallest absolute Gasteiger partial charge is 0.315 e. The third-order valence-corrected chi connectivity index (χ3v) is 3.06. The summed E-state index contributed by atoms with van der Waals surface area (Å²) in [6.45, 7) is 2.46. The highest BCUT2D eigenvalue weighted by Gasteiger charge is 2.35. The van der Waals surface area contributed by atoms with Crippen molar-refractivity contribution in [1.29, 1.82) is 0 Å². The molecule has 4 N–H and O–H groups in total. The van der Waals surface area contributed by atoms with E-state index in [9.17, 15) is 14.4 Å². The Morgan fingerprint density at radius 2 is 2.10 bits per heavy atom. The van der Waals surface area contributed by atoms with Gasteiger partial charge in [-0.15, -0.1) is 0 Å². The normalized spacial score (nSPS) is 22.4. The maximum Gasteiger partial charge on any atom is 0.315 e. The number of carboxylic acid groups (broad SMARTS) is 1. The first kappa shape index (κ1) is 17.2. The van der Waals surface area contributed by atoms with E-state index in [4.69, 9.17) is 14.6 Å². The van der Waals surface area contributed by atoms with Crippen molar-refractivity contribution in [3.8, 4) is 0 Å². The molecule has 0 spiro atoms. The number of carbonyl (C=O) groups excluding carboxylic acids is 2. The van der Waals surface area contributed by atoms with Crippen LogP contribution in [0.15, 0.2) is 0 Å². The number of rotatable bonds is 7. The summed E-state index contributed by atoms with van der Waals surface area (Å²) in [7, 11) is 1.52. The molecule has 1 heterocycles. The van der Waals surface area contributed by atoms with Crippen molar-refractivity contribution in [3.63, 3.8) is 0 Å². The van der Waals surface area contributed by atoms with Crippen molar-refractivity contribution in [2.24, 2.45) is 5.92 Å². The molecule has 3 amide bonds. The Hall–Kier alpha value is -1.87. The third-order valence-electron chi connectivity index (χ3n) is 3.06. The average molecular weight is 303 g/mol. The van der Waals surface area contributed by atoms with Gasteiger partial charge in [-0.3, -0.25) is 9.59 Å². The molecule has 9 nitrogen and oxygen atoms in total. The molecule has 9 heteroatoms. The number of carboxylic acids is 1. The van der Waals surface area contributed by atoms with Crippen molar-refractivity contribution >= 4 is 17.9 Å². The van der Waals surface area contributed by atoms with Crippen LogP contribution in [0.3, 0.4) is 0 Å². The summed E-state index contributed by atoms with van der Waals surface area (Å²) in [5.74, 6) is -2.15. The average Bonchev–Trinajstić information content (AvgIpc) is 2.86. The van der Waals surface area contributed by atoms with Crippen LogP contribution in [0.1, 0.15) is 6.92 Å². The van der Waals surface area contributed by atoms with Gasteiger partial charge in [-0.1, -0.05) is 0 Å². The zero-order valence-electron chi connectivity index (χ0n) is 12.0. The van der Waals surface area contributed by atoms with Gasteiger partial charge in [0.05, 0.1) is 25.9 Å². The minimum Gasteiger partial charge on any atom is -0.481 e. The lowest BCUT2D eigenvalue weighted by Crippen LogP contribution is -2.53. The second-order valence-corrected chi connectivity index (χ2v) is 4.71. The molecular weight excluding hydrogens is 282 g/mol. The van der Waals surface area contributed by atoms with E-state index in [1.165, 1.54) is 14.0 Å². The monoisotopic (exact) mass is 303 g/mol. The number of hydrogen-bond acceptors (Lipinski definition) is 5. The van der Waals surface area contributed by atoms with E-state index in [0.717, 1.165) is 0 Å². The van der Waals surface area contributed by atoms with E-state index in [1.807, 2.05) is 0 Å². The first-order valence-corrected chi connectivity index (χ1v) is 6.60. The van der Waals surface area contributed by atoms with Crippen molar-refractivity contribution in [3.05, 3.63) is 0 Å². The number of hydrogen-bond donors (Lipinski definition) is 4. The van der Waals surface area contributed by atoms with Crippen molar-refractivity contribution < 1.29 is 29.0 Å². The quantitative estimate of drug-likeness (QED) is 0.426. The number of ether oxygens (including phenoxy) is 2. The molecule has 1 fully saturated rings. The Kier molecular flexibility index (Phi) is 6.89. The SMILES string of the molecule is COCCNC(=O)C(C)NC(=O)NC1COCC1C(=O)O. The van der Waals surface area contributed by atoms with Gasteiger partial charge in [0, 0.05) is 13.7 Å². The highest BCUT2D eigenvalue weighted by molar-refractivity contribution is 5.87. The summed E-state index contributed by atoms with van der Waals surface area (Å²) in [5.41, 5.74) is 0. The van der Waals surface area contributed by atoms with E-state index in [-0.39, 0.29) is 19.1 Å². The van der Waals surface area contributed by atoms with Crippen LogP contribution in [0.2, 0.25) is 0 Å². The molecule has 120 valence electrons. The van der Waals surface area contributed by atoms with E-state index in [2.05, 4.69) is 16.0 Å². The molecule has 3 unspecified atom stereocenters. The van der Waals surface area contributed by atoms with Gasteiger partial charge < -0.3 is 30.5 Å². The summed E-state index contributed by atoms with van der Waals surface area (Å²) in [5, 5.41) is 16.5. The Morgan fingerprint density at radius 1 is 1.38 bits per heavy atom. The molecule has 0 aromatic rings. The van der Waals surface area contributed by atoms with E-state index < -0.39 is 30.0 Å². The molecule has 1 saturated heterocycles. The molecule has 0 aromatic heterocycles. The Bertz CT molecular complexity index is 389. The minimum absolute atomic E-state index is 0.0628. The predicted molar refractivity (Wildman–Crippen MR) is 71.7 cm³/mol. The molecule has 0 aliphatic carbocycles. The largest absolute Gasteiger partial charge is 0.481 e. The lowest BCUT2D eigenvalue weighted by atomic mass is 10.0. The fourth-order valence-corrected chi connectivity index (χ4v) is 1.84. The van der Waals surface area contributed by atoms with Crippen LogP contribution in [0.4, 0.5) is 4.79 Å². The zero-order chi connectivity index (χ0) is 15.8. The topological polar surface area (TPSA) is 126 Å². The van der Waals surface area contributed by atoms with Gasteiger partial charge in [0.2, 0.25) is 5.91 Å². The van der Waals surface area contributed by atoms with Gasteiger partial charge in [0.25, 0.3) is 0 Å². The van der Waals surface area contributed by atoms with Crippen LogP contribution in [-0.2, 0) is 19.1 Å². The maximum absolute atomic E-state index is 11.7. The highest BCUT2D eigenvalue weighted by atomic mass is 16.5. The van der Waals surface area contributed by atoms with Gasteiger partial charge in [0.1, 0.15) is 12.0 Å². The lowest BCUT2D eigenvalue weighted by Gasteiger charge is -2.19. The second kappa shape index (κ2) is 8.42. The number of methoxy groups -OCH3 is 1. The number of aliphatic carboxylic acids is 1. The van der Waals surface area contributed by atoms with Crippen LogP contribution in [-0.4, -0.2) is 68.6 Å². The molecule has 1 rings (SSSR count). The third kappa shape index (κ3) is 5.56. The summed E-state index contributed by atoms with van der Waals surface area (Å²) in [6, 6.07) is -1.95. The summed E-state index contributed by atoms with van der Waals surface area (Å²) < 4.78 is 9.83. The highest BCUT2D eigenvalue weighted by Crippen LogP contribution is 2.13. The molecule has 21 heavy (non-hydrogen) atoms. The van der Waals surface area contributed by atoms with Crippen molar-refractivity contribution in [2.75, 3.05) is 33.5 Å². The molecule has 1 aliphatic rings. The fraction of sp³-hybridized carbons (Fsp3) is 0.750. The lowest BCUT2D eigenvalue weighted by molar-refractivity contribution is -0.142. The summed E-state index contributed by atoms with van der Waals surface area (Å²) >= 11 is 0. The van der Waals surface area contributed by atoms with E-state index >= 15 is 0 Å². The van der Waals surface area contributed by atoms with Gasteiger partial charge >= 0.3 is 12.0 Å². The molecule has 0 aromatic carbocycles. The van der Waals surface area contributed by atoms with Crippen LogP contribution in [0, 0.1) is 5.92 Å². The van der Waals surface area contributed by atoms with Crippen molar-refractivity contribution in [1.82, 2.24) is 16.0 Å². The zero-order valence-corrected chi connectivity index (χ0v) is 12.0. The van der Waals surface area contributed by atoms with Gasteiger partial charge in [-0.25, -0.2) is 4.79 Å². The first-order chi connectivity index (χ1) is 9.95. The molecule has 0 radical (unpaired) electrons. The molecule has 1 aliphatic heterocycles. The van der Waals surface area contributed by atoms with Crippen LogP contribution in [0.5, 0.6) is 0 Å².